The van der Waals surface area contributed by atoms with E-state index in [1.54, 1.807) is 0 Å². The Balaban J connectivity index is 1.64. The molecule has 0 saturated carbocycles. The van der Waals surface area contributed by atoms with Gasteiger partial charge < -0.3 is 13.9 Å². The van der Waals surface area contributed by atoms with Gasteiger partial charge in [0.25, 0.3) is 11.4 Å². The number of nitrogens with zero attached hydrogens (tertiary/aromatic N) is 2. The molecule has 0 fully saturated rings. The van der Waals surface area contributed by atoms with Gasteiger partial charge in [-0.15, -0.1) is 0 Å². The maximum atomic E-state index is 12.4. The van der Waals surface area contributed by atoms with E-state index in [1.165, 1.54) is 50.2 Å². The quantitative estimate of drug-likeness (QED) is 0.185. The van der Waals surface area contributed by atoms with Gasteiger partial charge in [-0.1, -0.05) is 0 Å². The zero-order chi connectivity index (χ0) is 28.7. The van der Waals surface area contributed by atoms with Gasteiger partial charge in [0.2, 0.25) is 0 Å². The summed E-state index contributed by atoms with van der Waals surface area (Å²) in [5.41, 5.74) is -0.377. The highest BCUT2D eigenvalue weighted by Crippen LogP contribution is 2.19. The molecule has 0 aliphatic carbocycles. The lowest BCUT2D eigenvalue weighted by molar-refractivity contribution is -0.385. The molecule has 2 unspecified atom stereocenters. The first-order chi connectivity index (χ1) is 18.4. The zero-order valence-electron chi connectivity index (χ0n) is 20.7. The van der Waals surface area contributed by atoms with Crippen LogP contribution in [0.3, 0.4) is 0 Å². The highest BCUT2D eigenvalue weighted by molar-refractivity contribution is 5.93. The second-order valence-electron chi connectivity index (χ2n) is 8.39. The molecule has 0 saturated heterocycles. The number of ketones is 2. The number of nitro benzene ring substituents is 2. The van der Waals surface area contributed by atoms with E-state index in [2.05, 4.69) is 0 Å². The van der Waals surface area contributed by atoms with E-state index in [-0.39, 0.29) is 46.9 Å². The number of rotatable bonds is 12. The Kier molecular flexibility index (Phi) is 8.99. The number of hydrogen-bond donors (Lipinski definition) is 0. The molecule has 3 rings (SSSR count). The minimum absolute atomic E-state index is 0.0196. The van der Waals surface area contributed by atoms with E-state index in [1.807, 2.05) is 0 Å². The van der Waals surface area contributed by atoms with Gasteiger partial charge in [0.15, 0.2) is 23.8 Å². The number of furan rings is 1. The second kappa shape index (κ2) is 12.4. The topological polar surface area (TPSA) is 186 Å². The third-order valence-corrected chi connectivity index (χ3v) is 5.52. The molecule has 1 aromatic heterocycles. The Labute approximate surface area is 220 Å². The average molecular weight is 538 g/mol. The van der Waals surface area contributed by atoms with Crippen molar-refractivity contribution < 1.29 is 42.9 Å². The van der Waals surface area contributed by atoms with Gasteiger partial charge in [0.05, 0.1) is 33.8 Å². The fraction of sp³-hybridized carbons (Fsp3) is 0.231. The molecule has 0 aliphatic heterocycles. The lowest BCUT2D eigenvalue weighted by Crippen LogP contribution is -2.28. The smallest absolute Gasteiger partial charge is 0.338 e. The Bertz CT molecular complexity index is 1300. The van der Waals surface area contributed by atoms with Crippen molar-refractivity contribution in [2.75, 3.05) is 0 Å². The van der Waals surface area contributed by atoms with Gasteiger partial charge in [0.1, 0.15) is 11.5 Å². The van der Waals surface area contributed by atoms with Crippen molar-refractivity contribution in [1.29, 1.82) is 0 Å². The van der Waals surface area contributed by atoms with Crippen LogP contribution in [0.1, 0.15) is 46.1 Å². The number of carbonyl (C=O) groups excluding carboxylic acids is 4. The highest BCUT2D eigenvalue weighted by atomic mass is 16.6. The van der Waals surface area contributed by atoms with Crippen LogP contribution in [0.2, 0.25) is 0 Å². The summed E-state index contributed by atoms with van der Waals surface area (Å²) in [7, 11) is 0. The van der Waals surface area contributed by atoms with Crippen molar-refractivity contribution in [3.8, 4) is 0 Å². The molecule has 202 valence electrons. The molecular formula is C26H22N2O11. The van der Waals surface area contributed by atoms with Gasteiger partial charge in [-0.3, -0.25) is 29.8 Å². The molecule has 0 spiro atoms. The summed E-state index contributed by atoms with van der Waals surface area (Å²) in [6.07, 6.45) is -2.67. The number of benzene rings is 2. The number of nitro groups is 2. The number of ether oxygens (including phenoxy) is 2. The minimum atomic E-state index is -1.21. The molecule has 13 nitrogen and oxygen atoms in total. The van der Waals surface area contributed by atoms with E-state index >= 15 is 0 Å². The van der Waals surface area contributed by atoms with Crippen molar-refractivity contribution in [3.63, 3.8) is 0 Å². The second-order valence-corrected chi connectivity index (χ2v) is 8.39. The van der Waals surface area contributed by atoms with Gasteiger partial charge >= 0.3 is 11.9 Å². The van der Waals surface area contributed by atoms with Crippen LogP contribution in [0, 0.1) is 20.2 Å². The molecule has 2 atom stereocenters. The van der Waals surface area contributed by atoms with Crippen LogP contribution in [0.15, 0.2) is 65.1 Å². The fourth-order valence-corrected chi connectivity index (χ4v) is 3.38. The summed E-state index contributed by atoms with van der Waals surface area (Å²) < 4.78 is 16.2. The Morgan fingerprint density at radius 1 is 0.667 bits per heavy atom. The first-order valence-corrected chi connectivity index (χ1v) is 11.4. The molecule has 0 N–H and O–H groups in total. The number of esters is 2. The van der Waals surface area contributed by atoms with Crippen molar-refractivity contribution in [2.24, 2.45) is 0 Å². The van der Waals surface area contributed by atoms with Crippen LogP contribution in [0.5, 0.6) is 0 Å². The Morgan fingerprint density at radius 2 is 1.00 bits per heavy atom. The monoisotopic (exact) mass is 538 g/mol. The number of hydrogen-bond acceptors (Lipinski definition) is 11. The number of non-ortho nitro benzene ring substituents is 2. The Hall–Kier alpha value is -5.20. The molecule has 39 heavy (non-hydrogen) atoms. The molecule has 0 bridgehead atoms. The number of carbonyl (C=O) groups is 4. The van der Waals surface area contributed by atoms with Gasteiger partial charge in [-0.25, -0.2) is 9.59 Å². The molecule has 1 heterocycles. The lowest BCUT2D eigenvalue weighted by Gasteiger charge is -2.15. The lowest BCUT2D eigenvalue weighted by atomic mass is 10.1. The average Bonchev–Trinajstić information content (AvgIpc) is 3.34. The third kappa shape index (κ3) is 7.64. The van der Waals surface area contributed by atoms with E-state index in [0.717, 1.165) is 24.3 Å². The summed E-state index contributed by atoms with van der Waals surface area (Å²) in [6.45, 7) is 2.45. The van der Waals surface area contributed by atoms with Crippen molar-refractivity contribution in [1.82, 2.24) is 0 Å². The highest BCUT2D eigenvalue weighted by Gasteiger charge is 2.25. The summed E-state index contributed by atoms with van der Waals surface area (Å²) in [5, 5.41) is 21.6. The van der Waals surface area contributed by atoms with Crippen LogP contribution >= 0.6 is 0 Å². The maximum absolute atomic E-state index is 12.4. The third-order valence-electron chi connectivity index (χ3n) is 5.52. The Morgan fingerprint density at radius 3 is 1.28 bits per heavy atom. The van der Waals surface area contributed by atoms with Gasteiger partial charge in [-0.05, 0) is 50.2 Å². The van der Waals surface area contributed by atoms with Crippen LogP contribution in [0.25, 0.3) is 0 Å². The SMILES string of the molecule is CC(=O)C(Cc1ccc(CC(OC(=O)c2ccc([N+](=O)[O-])cc2)C(C)=O)o1)OC(=O)c1ccc([N+](=O)[O-])cc1. The number of Topliss-reactive ketones (excluding diaryl/α,β-unsaturated/α-hetero) is 2. The van der Waals surface area contributed by atoms with Gasteiger partial charge in [0, 0.05) is 24.3 Å². The molecule has 13 heteroatoms. The maximum Gasteiger partial charge on any atom is 0.338 e. The first-order valence-electron chi connectivity index (χ1n) is 11.4. The van der Waals surface area contributed by atoms with E-state index in [0.29, 0.717) is 0 Å². The van der Waals surface area contributed by atoms with E-state index in [4.69, 9.17) is 13.9 Å². The fourth-order valence-electron chi connectivity index (χ4n) is 3.38. The molecular weight excluding hydrogens is 516 g/mol. The standard InChI is InChI=1S/C26H22N2O11/c1-15(29)23(38-25(31)17-3-7-19(8-4-17)27(33)34)13-21-11-12-22(37-21)14-24(16(2)30)39-26(32)18-5-9-20(10-6-18)28(35)36/h3-12,23-24H,13-14H2,1-2H3. The molecule has 0 amide bonds. The predicted octanol–water partition coefficient (Wildman–Crippen LogP) is 3.81. The van der Waals surface area contributed by atoms with Crippen LogP contribution < -0.4 is 0 Å². The summed E-state index contributed by atoms with van der Waals surface area (Å²) >= 11 is 0. The predicted molar refractivity (Wildman–Crippen MR) is 132 cm³/mol. The largest absolute Gasteiger partial charge is 0.466 e. The molecule has 0 radical (unpaired) electrons. The van der Waals surface area contributed by atoms with E-state index in [9.17, 15) is 39.4 Å². The summed E-state index contributed by atoms with van der Waals surface area (Å²) in [4.78, 5) is 69.4. The molecule has 0 aliphatic rings. The van der Waals surface area contributed by atoms with Crippen molar-refractivity contribution in [3.05, 3.63) is 104 Å². The van der Waals surface area contributed by atoms with Crippen LogP contribution in [-0.4, -0.2) is 45.6 Å². The normalized spacial score (nSPS) is 12.2. The van der Waals surface area contributed by atoms with Crippen molar-refractivity contribution in [2.45, 2.75) is 38.9 Å². The first kappa shape index (κ1) is 28.4. The van der Waals surface area contributed by atoms with E-state index < -0.39 is 45.6 Å². The van der Waals surface area contributed by atoms with Crippen LogP contribution in [0.4, 0.5) is 11.4 Å². The minimum Gasteiger partial charge on any atom is -0.466 e. The summed E-state index contributed by atoms with van der Waals surface area (Å²) in [6, 6.07) is 12.4. The molecule has 2 aromatic carbocycles. The van der Waals surface area contributed by atoms with Crippen LogP contribution in [-0.2, 0) is 31.9 Å². The zero-order valence-corrected chi connectivity index (χ0v) is 20.7. The van der Waals surface area contributed by atoms with Crippen molar-refractivity contribution >= 4 is 34.9 Å². The molecule has 3 aromatic rings. The summed E-state index contributed by atoms with van der Waals surface area (Å²) in [5.74, 6) is -2.14. The van der Waals surface area contributed by atoms with Gasteiger partial charge in [-0.2, -0.15) is 0 Å².